The summed E-state index contributed by atoms with van der Waals surface area (Å²) in [6, 6.07) is 15.4. The summed E-state index contributed by atoms with van der Waals surface area (Å²) < 4.78 is 6.47. The molecule has 0 radical (unpaired) electrons. The number of furan rings is 1. The number of hydrogen-bond donors (Lipinski definition) is 0. The lowest BCUT2D eigenvalue weighted by Crippen LogP contribution is -2.27. The summed E-state index contributed by atoms with van der Waals surface area (Å²) in [7, 11) is 1.79. The third-order valence-electron chi connectivity index (χ3n) is 3.47. The zero-order valence-electron chi connectivity index (χ0n) is 11.5. The normalized spacial score (nSPS) is 10.8. The third kappa shape index (κ3) is 2.85. The van der Waals surface area contributed by atoms with Crippen molar-refractivity contribution < 1.29 is 9.21 Å². The number of halogens is 1. The molecule has 3 nitrogen and oxygen atoms in total. The van der Waals surface area contributed by atoms with E-state index in [1.54, 1.807) is 18.2 Å². The maximum absolute atomic E-state index is 12.4. The minimum atomic E-state index is 0.0314. The van der Waals surface area contributed by atoms with Crippen molar-refractivity contribution in [2.75, 3.05) is 11.9 Å². The van der Waals surface area contributed by atoms with Crippen LogP contribution in [0.5, 0.6) is 0 Å². The summed E-state index contributed by atoms with van der Waals surface area (Å²) in [6.45, 7) is 0. The van der Waals surface area contributed by atoms with Gasteiger partial charge in [0.2, 0.25) is 5.91 Å². The van der Waals surface area contributed by atoms with Gasteiger partial charge in [-0.25, -0.2) is 0 Å². The Bertz CT molecular complexity index is 780. The van der Waals surface area contributed by atoms with E-state index in [0.717, 1.165) is 26.7 Å². The molecule has 0 atom stereocenters. The van der Waals surface area contributed by atoms with Crippen molar-refractivity contribution in [1.82, 2.24) is 0 Å². The van der Waals surface area contributed by atoms with Crippen molar-refractivity contribution in [3.05, 3.63) is 64.8 Å². The second kappa shape index (κ2) is 5.74. The molecule has 106 valence electrons. The highest BCUT2D eigenvalue weighted by Gasteiger charge is 2.15. The first-order valence-electron chi connectivity index (χ1n) is 6.62. The van der Waals surface area contributed by atoms with E-state index in [9.17, 15) is 4.79 Å². The van der Waals surface area contributed by atoms with E-state index < -0.39 is 0 Å². The molecule has 3 aromatic rings. The number of para-hydroxylation sites is 1. The topological polar surface area (TPSA) is 33.5 Å². The predicted octanol–water partition coefficient (Wildman–Crippen LogP) is 4.40. The van der Waals surface area contributed by atoms with Crippen molar-refractivity contribution in [3.63, 3.8) is 0 Å². The van der Waals surface area contributed by atoms with Crippen LogP contribution in [0.3, 0.4) is 0 Å². The maximum atomic E-state index is 12.4. The number of fused-ring (bicyclic) bond motifs is 1. The van der Waals surface area contributed by atoms with Gasteiger partial charge in [-0.3, -0.25) is 4.79 Å². The highest BCUT2D eigenvalue weighted by atomic mass is 79.9. The lowest BCUT2D eigenvalue weighted by molar-refractivity contribution is -0.117. The van der Waals surface area contributed by atoms with E-state index in [0.29, 0.717) is 6.42 Å². The Balaban J connectivity index is 1.85. The summed E-state index contributed by atoms with van der Waals surface area (Å²) in [4.78, 5) is 14.1. The second-order valence-electron chi connectivity index (χ2n) is 4.87. The zero-order valence-corrected chi connectivity index (χ0v) is 13.1. The molecule has 0 spiro atoms. The van der Waals surface area contributed by atoms with Crippen LogP contribution in [0.4, 0.5) is 5.69 Å². The second-order valence-corrected chi connectivity index (χ2v) is 5.78. The monoisotopic (exact) mass is 343 g/mol. The molecule has 0 fully saturated rings. The van der Waals surface area contributed by atoms with Crippen LogP contribution in [-0.2, 0) is 11.2 Å². The molecule has 1 heterocycles. The van der Waals surface area contributed by atoms with Gasteiger partial charge in [0.15, 0.2) is 0 Å². The highest BCUT2D eigenvalue weighted by molar-refractivity contribution is 9.10. The number of benzene rings is 2. The van der Waals surface area contributed by atoms with E-state index >= 15 is 0 Å². The van der Waals surface area contributed by atoms with Crippen LogP contribution >= 0.6 is 15.9 Å². The number of rotatable bonds is 3. The predicted molar refractivity (Wildman–Crippen MR) is 87.5 cm³/mol. The summed E-state index contributed by atoms with van der Waals surface area (Å²) in [6.07, 6.45) is 1.97. The SMILES string of the molecule is CN(C(=O)Cc1coc2ccc(Br)cc12)c1ccccc1. The summed E-state index contributed by atoms with van der Waals surface area (Å²) in [5.41, 5.74) is 2.58. The molecule has 0 saturated heterocycles. The van der Waals surface area contributed by atoms with Gasteiger partial charge in [0.25, 0.3) is 0 Å². The Morgan fingerprint density at radius 1 is 1.19 bits per heavy atom. The Labute approximate surface area is 131 Å². The minimum Gasteiger partial charge on any atom is -0.464 e. The van der Waals surface area contributed by atoms with Gasteiger partial charge in [0.1, 0.15) is 5.58 Å². The molecule has 0 unspecified atom stereocenters. The quantitative estimate of drug-likeness (QED) is 0.706. The first-order valence-corrected chi connectivity index (χ1v) is 7.41. The van der Waals surface area contributed by atoms with Gasteiger partial charge in [0.05, 0.1) is 12.7 Å². The number of carbonyl (C=O) groups is 1. The van der Waals surface area contributed by atoms with E-state index in [1.807, 2.05) is 48.5 Å². The minimum absolute atomic E-state index is 0.0314. The van der Waals surface area contributed by atoms with Crippen LogP contribution < -0.4 is 4.90 Å². The fourth-order valence-corrected chi connectivity index (χ4v) is 2.63. The van der Waals surface area contributed by atoms with Gasteiger partial charge < -0.3 is 9.32 Å². The van der Waals surface area contributed by atoms with Crippen LogP contribution in [0.15, 0.2) is 63.7 Å². The summed E-state index contributed by atoms with van der Waals surface area (Å²) in [5, 5.41) is 0.971. The van der Waals surface area contributed by atoms with Crippen LogP contribution in [0.25, 0.3) is 11.0 Å². The molecular weight excluding hydrogens is 330 g/mol. The summed E-state index contributed by atoms with van der Waals surface area (Å²) in [5.74, 6) is 0.0314. The number of amides is 1. The van der Waals surface area contributed by atoms with Crippen LogP contribution in [0.2, 0.25) is 0 Å². The molecule has 0 aliphatic rings. The van der Waals surface area contributed by atoms with Crippen molar-refractivity contribution in [3.8, 4) is 0 Å². The first-order chi connectivity index (χ1) is 10.1. The molecule has 1 aromatic heterocycles. The molecule has 2 aromatic carbocycles. The Kier molecular flexibility index (Phi) is 3.80. The fraction of sp³-hybridized carbons (Fsp3) is 0.118. The largest absolute Gasteiger partial charge is 0.464 e. The molecule has 4 heteroatoms. The molecular formula is C17H14BrNO2. The molecule has 0 aliphatic heterocycles. The van der Waals surface area contributed by atoms with Crippen LogP contribution in [0, 0.1) is 0 Å². The lowest BCUT2D eigenvalue weighted by Gasteiger charge is -2.16. The number of anilines is 1. The van der Waals surface area contributed by atoms with E-state index in [-0.39, 0.29) is 5.91 Å². The van der Waals surface area contributed by atoms with Crippen LogP contribution in [0.1, 0.15) is 5.56 Å². The number of nitrogens with zero attached hydrogens (tertiary/aromatic N) is 1. The molecule has 0 bridgehead atoms. The average Bonchev–Trinajstić information content (AvgIpc) is 2.89. The highest BCUT2D eigenvalue weighted by Crippen LogP contribution is 2.26. The Morgan fingerprint density at radius 2 is 1.95 bits per heavy atom. The third-order valence-corrected chi connectivity index (χ3v) is 3.97. The molecule has 21 heavy (non-hydrogen) atoms. The van der Waals surface area contributed by atoms with E-state index in [4.69, 9.17) is 4.42 Å². The lowest BCUT2D eigenvalue weighted by atomic mass is 10.1. The molecule has 3 rings (SSSR count). The van der Waals surface area contributed by atoms with Gasteiger partial charge in [-0.1, -0.05) is 34.1 Å². The zero-order chi connectivity index (χ0) is 14.8. The molecule has 0 N–H and O–H groups in total. The molecule has 0 aliphatic carbocycles. The van der Waals surface area contributed by atoms with E-state index in [2.05, 4.69) is 15.9 Å². The van der Waals surface area contributed by atoms with Gasteiger partial charge >= 0.3 is 0 Å². The fourth-order valence-electron chi connectivity index (χ4n) is 2.27. The number of carbonyl (C=O) groups excluding carboxylic acids is 1. The molecule has 0 saturated carbocycles. The standard InChI is InChI=1S/C17H14BrNO2/c1-19(14-5-3-2-4-6-14)17(20)9-12-11-21-16-8-7-13(18)10-15(12)16/h2-8,10-11H,9H2,1H3. The van der Waals surface area contributed by atoms with Crippen molar-refractivity contribution in [1.29, 1.82) is 0 Å². The number of hydrogen-bond acceptors (Lipinski definition) is 2. The van der Waals surface area contributed by atoms with Gasteiger partial charge in [0, 0.05) is 28.2 Å². The van der Waals surface area contributed by atoms with Gasteiger partial charge in [-0.15, -0.1) is 0 Å². The summed E-state index contributed by atoms with van der Waals surface area (Å²) >= 11 is 3.45. The maximum Gasteiger partial charge on any atom is 0.231 e. The van der Waals surface area contributed by atoms with Crippen molar-refractivity contribution in [2.45, 2.75) is 6.42 Å². The van der Waals surface area contributed by atoms with Crippen LogP contribution in [-0.4, -0.2) is 13.0 Å². The number of likely N-dealkylation sites (N-methyl/N-ethyl adjacent to an activating group) is 1. The smallest absolute Gasteiger partial charge is 0.231 e. The van der Waals surface area contributed by atoms with Crippen molar-refractivity contribution in [2.24, 2.45) is 0 Å². The Morgan fingerprint density at radius 3 is 2.71 bits per heavy atom. The van der Waals surface area contributed by atoms with Gasteiger partial charge in [-0.05, 0) is 30.3 Å². The van der Waals surface area contributed by atoms with E-state index in [1.165, 1.54) is 0 Å². The average molecular weight is 344 g/mol. The first kappa shape index (κ1) is 13.9. The van der Waals surface area contributed by atoms with Crippen molar-refractivity contribution >= 4 is 38.5 Å². The Hall–Kier alpha value is -2.07. The van der Waals surface area contributed by atoms with Gasteiger partial charge in [-0.2, -0.15) is 0 Å². The molecule has 1 amide bonds.